The van der Waals surface area contributed by atoms with Crippen molar-refractivity contribution in [3.05, 3.63) is 121 Å². The molecule has 0 bridgehead atoms. The van der Waals surface area contributed by atoms with Gasteiger partial charge < -0.3 is 20.4 Å². The summed E-state index contributed by atoms with van der Waals surface area (Å²) in [7, 11) is 0. The van der Waals surface area contributed by atoms with Crippen LogP contribution < -0.4 is 20.4 Å². The molecule has 0 unspecified atom stereocenters. The van der Waals surface area contributed by atoms with Gasteiger partial charge >= 0.3 is 0 Å². The highest BCUT2D eigenvalue weighted by Crippen LogP contribution is 2.34. The number of rotatable bonds is 8. The zero-order valence-corrected chi connectivity index (χ0v) is 28.4. The van der Waals surface area contributed by atoms with Crippen molar-refractivity contribution in [3.8, 4) is 0 Å². The Bertz CT molecular complexity index is 2010. The van der Waals surface area contributed by atoms with Gasteiger partial charge in [-0.3, -0.25) is 9.97 Å². The quantitative estimate of drug-likeness (QED) is 0.198. The minimum atomic E-state index is 0.524. The smallest absolute Gasteiger partial charge is 0.241 e. The second kappa shape index (κ2) is 13.7. The van der Waals surface area contributed by atoms with E-state index in [1.807, 2.05) is 59.8 Å². The molecule has 0 atom stereocenters. The van der Waals surface area contributed by atoms with E-state index in [0.29, 0.717) is 17.6 Å². The monoisotopic (exact) mass is 673 g/mol. The maximum absolute atomic E-state index is 5.12. The largest absolute Gasteiger partial charge is 0.371 e. The summed E-state index contributed by atoms with van der Waals surface area (Å²) in [6.45, 7) is 4.22. The fraction of sp³-hybridized carbons (Fsp3) is 0.250. The van der Waals surface area contributed by atoms with E-state index in [9.17, 15) is 0 Å². The van der Waals surface area contributed by atoms with Crippen LogP contribution in [0.1, 0.15) is 49.7 Å². The number of aliphatic imine (C=N–C) groups is 4. The molecule has 11 heteroatoms. The Morgan fingerprint density at radius 2 is 1.14 bits per heavy atom. The van der Waals surface area contributed by atoms with Crippen LogP contribution in [0.25, 0.3) is 0 Å². The van der Waals surface area contributed by atoms with Crippen molar-refractivity contribution >= 4 is 57.6 Å². The molecule has 5 aliphatic heterocycles. The number of hydrogen-bond donors (Lipinski definition) is 2. The Labute approximate surface area is 297 Å². The molecule has 0 saturated carbocycles. The number of pyridine rings is 2. The lowest BCUT2D eigenvalue weighted by Crippen LogP contribution is -2.41. The van der Waals surface area contributed by atoms with E-state index in [1.54, 1.807) is 12.4 Å². The predicted molar refractivity (Wildman–Crippen MR) is 207 cm³/mol. The molecule has 2 aromatic carbocycles. The third-order valence-electron chi connectivity index (χ3n) is 9.81. The summed E-state index contributed by atoms with van der Waals surface area (Å²) >= 11 is 0. The number of nitrogens with one attached hydrogen (secondary N) is 2. The Morgan fingerprint density at radius 1 is 0.569 bits per heavy atom. The number of piperidine rings is 2. The van der Waals surface area contributed by atoms with Crippen molar-refractivity contribution < 1.29 is 0 Å². The molecule has 0 radical (unpaired) electrons. The number of anilines is 6. The van der Waals surface area contributed by atoms with Gasteiger partial charge in [0, 0.05) is 61.1 Å². The van der Waals surface area contributed by atoms with Crippen LogP contribution in [0.5, 0.6) is 0 Å². The number of guanidine groups is 1. The molecule has 254 valence electrons. The van der Waals surface area contributed by atoms with Crippen LogP contribution in [0.2, 0.25) is 0 Å². The van der Waals surface area contributed by atoms with Crippen molar-refractivity contribution in [2.45, 2.75) is 38.5 Å². The van der Waals surface area contributed by atoms with Gasteiger partial charge in [0.25, 0.3) is 0 Å². The van der Waals surface area contributed by atoms with Gasteiger partial charge in [0.1, 0.15) is 11.7 Å². The van der Waals surface area contributed by atoms with Gasteiger partial charge in [-0.25, -0.2) is 14.9 Å². The van der Waals surface area contributed by atoms with Crippen LogP contribution in [0, 0.1) is 0 Å². The van der Waals surface area contributed by atoms with E-state index in [0.717, 1.165) is 71.7 Å². The molecule has 0 aliphatic carbocycles. The fourth-order valence-electron chi connectivity index (χ4n) is 7.23. The molecule has 51 heavy (non-hydrogen) atoms. The van der Waals surface area contributed by atoms with E-state index >= 15 is 0 Å². The molecule has 5 aliphatic rings. The predicted octanol–water partition coefficient (Wildman–Crippen LogP) is 7.63. The fourth-order valence-corrected chi connectivity index (χ4v) is 7.23. The number of nitrogens with zero attached hydrogens (tertiary/aromatic N) is 9. The molecular formula is C40H39N11. The van der Waals surface area contributed by atoms with E-state index in [1.165, 1.54) is 49.9 Å². The molecule has 4 aromatic rings. The molecule has 0 spiro atoms. The number of allylic oxidation sites excluding steroid dienone is 2. The van der Waals surface area contributed by atoms with Crippen molar-refractivity contribution in [1.82, 2.24) is 14.9 Å². The first-order valence-corrected chi connectivity index (χ1v) is 17.9. The number of aromatic nitrogens is 2. The molecule has 2 saturated heterocycles. The van der Waals surface area contributed by atoms with Crippen LogP contribution in [0.4, 0.5) is 34.1 Å². The highest BCUT2D eigenvalue weighted by molar-refractivity contribution is 6.26. The van der Waals surface area contributed by atoms with Crippen LogP contribution in [-0.2, 0) is 0 Å². The van der Waals surface area contributed by atoms with Gasteiger partial charge in [-0.1, -0.05) is 6.08 Å². The van der Waals surface area contributed by atoms with Gasteiger partial charge in [-0.15, -0.1) is 0 Å². The maximum Gasteiger partial charge on any atom is 0.241 e. The lowest BCUT2D eigenvalue weighted by molar-refractivity contribution is 0.578. The topological polar surface area (TPSA) is 109 Å². The molecule has 2 fully saturated rings. The maximum atomic E-state index is 5.12. The van der Waals surface area contributed by atoms with Crippen molar-refractivity contribution in [2.24, 2.45) is 20.0 Å². The van der Waals surface area contributed by atoms with Crippen molar-refractivity contribution in [3.63, 3.8) is 0 Å². The first-order chi connectivity index (χ1) is 25.2. The van der Waals surface area contributed by atoms with Crippen LogP contribution in [0.3, 0.4) is 0 Å². The van der Waals surface area contributed by atoms with Crippen LogP contribution in [-0.4, -0.2) is 64.5 Å². The highest BCUT2D eigenvalue weighted by Gasteiger charge is 2.32. The van der Waals surface area contributed by atoms with E-state index in [2.05, 4.69) is 66.8 Å². The molecule has 2 aromatic heterocycles. The normalized spacial score (nSPS) is 18.2. The zero-order chi connectivity index (χ0) is 34.0. The van der Waals surface area contributed by atoms with Crippen LogP contribution in [0.15, 0.2) is 129 Å². The Morgan fingerprint density at radius 3 is 1.69 bits per heavy atom. The second-order valence-electron chi connectivity index (χ2n) is 13.3. The Balaban J connectivity index is 1.12. The minimum Gasteiger partial charge on any atom is -0.371 e. The number of benzene rings is 2. The average Bonchev–Trinajstić information content (AvgIpc) is 3.19. The zero-order valence-electron chi connectivity index (χ0n) is 28.4. The Hall–Kier alpha value is -6.10. The summed E-state index contributed by atoms with van der Waals surface area (Å²) in [4.78, 5) is 35.9. The lowest BCUT2D eigenvalue weighted by Gasteiger charge is -2.32. The van der Waals surface area contributed by atoms with Gasteiger partial charge in [0.15, 0.2) is 11.7 Å². The highest BCUT2D eigenvalue weighted by atomic mass is 15.4. The summed E-state index contributed by atoms with van der Waals surface area (Å²) in [6, 6.07) is 20.9. The SMILES string of the molecule is C1=CC2=NC(c3ccc(N4CCCCC4)cc3Nc3cccnc3)=NC3=NC(c4ccc(N5CCCCC5)cc4Nc4cccnc4)=NC(=C1)N23. The van der Waals surface area contributed by atoms with E-state index in [4.69, 9.17) is 20.0 Å². The summed E-state index contributed by atoms with van der Waals surface area (Å²) < 4.78 is 0. The second-order valence-corrected chi connectivity index (χ2v) is 13.3. The van der Waals surface area contributed by atoms with Crippen molar-refractivity contribution in [2.75, 3.05) is 46.6 Å². The van der Waals surface area contributed by atoms with Gasteiger partial charge in [-0.05, 0) is 111 Å². The third-order valence-corrected chi connectivity index (χ3v) is 9.81. The molecule has 11 nitrogen and oxygen atoms in total. The molecule has 2 N–H and O–H groups in total. The number of hydrogen-bond acceptors (Lipinski definition) is 11. The van der Waals surface area contributed by atoms with Gasteiger partial charge in [0.05, 0.1) is 35.1 Å². The van der Waals surface area contributed by atoms with E-state index < -0.39 is 0 Å². The molecule has 0 amide bonds. The van der Waals surface area contributed by atoms with Gasteiger partial charge in [-0.2, -0.15) is 9.98 Å². The minimum absolute atomic E-state index is 0.524. The first-order valence-electron chi connectivity index (χ1n) is 17.9. The van der Waals surface area contributed by atoms with E-state index in [-0.39, 0.29) is 0 Å². The van der Waals surface area contributed by atoms with Gasteiger partial charge in [0.2, 0.25) is 5.96 Å². The Kier molecular flexibility index (Phi) is 8.28. The molecule has 7 heterocycles. The molecule has 9 rings (SSSR count). The summed E-state index contributed by atoms with van der Waals surface area (Å²) in [6.07, 6.45) is 20.5. The molecular weight excluding hydrogens is 635 g/mol. The summed E-state index contributed by atoms with van der Waals surface area (Å²) in [5.41, 5.74) is 7.76. The lowest BCUT2D eigenvalue weighted by atomic mass is 10.1. The average molecular weight is 674 g/mol. The van der Waals surface area contributed by atoms with Crippen molar-refractivity contribution in [1.29, 1.82) is 0 Å². The number of amidine groups is 3. The van der Waals surface area contributed by atoms with Crippen LogP contribution >= 0.6 is 0 Å². The first kappa shape index (κ1) is 30.9. The summed E-state index contributed by atoms with van der Waals surface area (Å²) in [5.74, 6) is 3.13. The third kappa shape index (κ3) is 6.38. The standard InChI is InChI=1S/C40H39N11/c1-3-20-49(21-4-1)30-14-16-32(34(24-30)43-28-10-8-18-41-26-28)38-45-36-12-7-13-37-46-39(48-40(47-38)51(36)37)33-17-15-31(50-22-5-2-6-23-50)25-35(33)44-29-11-9-19-42-27-29/h7-19,24-27,43-44H,1-6,20-23H2. The summed E-state index contributed by atoms with van der Waals surface area (Å²) in [5, 5.41) is 7.22.